The Morgan fingerprint density at radius 3 is 2.68 bits per heavy atom. The summed E-state index contributed by atoms with van der Waals surface area (Å²) in [5, 5.41) is 3.83. The zero-order valence-electron chi connectivity index (χ0n) is 12.1. The second-order valence-corrected chi connectivity index (χ2v) is 6.75. The average Bonchev–Trinajstić information content (AvgIpc) is 3.12. The molecule has 22 heavy (non-hydrogen) atoms. The summed E-state index contributed by atoms with van der Waals surface area (Å²) in [5.41, 5.74) is 0.579. The Balaban J connectivity index is 1.70. The minimum absolute atomic E-state index is 0.0269. The van der Waals surface area contributed by atoms with Gasteiger partial charge in [0.15, 0.2) is 0 Å². The van der Waals surface area contributed by atoms with Crippen molar-refractivity contribution in [2.45, 2.75) is 38.1 Å². The lowest BCUT2D eigenvalue weighted by molar-refractivity contribution is -0.126. The van der Waals surface area contributed by atoms with Crippen molar-refractivity contribution in [2.24, 2.45) is 5.92 Å². The smallest absolute Gasteiger partial charge is 0.227 e. The molecule has 118 valence electrons. The van der Waals surface area contributed by atoms with Gasteiger partial charge in [0.05, 0.1) is 21.7 Å². The van der Waals surface area contributed by atoms with Crippen LogP contribution in [0.1, 0.15) is 32.1 Å². The summed E-state index contributed by atoms with van der Waals surface area (Å²) in [7, 11) is 0. The summed E-state index contributed by atoms with van der Waals surface area (Å²) in [6.45, 7) is 0.359. The first-order chi connectivity index (χ1) is 10.6. The summed E-state index contributed by atoms with van der Waals surface area (Å²) in [5.74, 6) is -0.431. The molecule has 1 heterocycles. The molecule has 1 aliphatic carbocycles. The number of benzene rings is 1. The van der Waals surface area contributed by atoms with Crippen LogP contribution < -0.4 is 10.2 Å². The van der Waals surface area contributed by atoms with Gasteiger partial charge >= 0.3 is 0 Å². The van der Waals surface area contributed by atoms with Crippen LogP contribution in [-0.2, 0) is 9.59 Å². The largest absolute Gasteiger partial charge is 0.353 e. The summed E-state index contributed by atoms with van der Waals surface area (Å²) in [4.78, 5) is 26.1. The van der Waals surface area contributed by atoms with Gasteiger partial charge in [0.1, 0.15) is 0 Å². The molecular weight excluding hydrogens is 323 g/mol. The van der Waals surface area contributed by atoms with Crippen LogP contribution in [0.2, 0.25) is 10.0 Å². The van der Waals surface area contributed by atoms with E-state index in [4.69, 9.17) is 23.2 Å². The van der Waals surface area contributed by atoms with Gasteiger partial charge in [-0.15, -0.1) is 0 Å². The molecule has 3 rings (SSSR count). The van der Waals surface area contributed by atoms with Crippen LogP contribution in [0.3, 0.4) is 0 Å². The Hall–Kier alpha value is -1.26. The van der Waals surface area contributed by atoms with E-state index in [9.17, 15) is 9.59 Å². The van der Waals surface area contributed by atoms with Crippen molar-refractivity contribution >= 4 is 40.7 Å². The maximum absolute atomic E-state index is 12.3. The first-order valence-electron chi connectivity index (χ1n) is 7.61. The molecule has 1 N–H and O–H groups in total. The van der Waals surface area contributed by atoms with Crippen molar-refractivity contribution in [1.29, 1.82) is 0 Å². The van der Waals surface area contributed by atoms with E-state index in [1.54, 1.807) is 23.1 Å². The normalized spacial score (nSPS) is 22.4. The molecule has 0 radical (unpaired) electrons. The minimum atomic E-state index is -0.317. The fourth-order valence-corrected chi connectivity index (χ4v) is 3.60. The van der Waals surface area contributed by atoms with Gasteiger partial charge in [-0.1, -0.05) is 42.1 Å². The van der Waals surface area contributed by atoms with Crippen LogP contribution in [0.4, 0.5) is 5.69 Å². The molecule has 2 amide bonds. The van der Waals surface area contributed by atoms with E-state index in [0.29, 0.717) is 22.3 Å². The number of hydrogen-bond acceptors (Lipinski definition) is 2. The van der Waals surface area contributed by atoms with Crippen LogP contribution in [0.5, 0.6) is 0 Å². The zero-order valence-corrected chi connectivity index (χ0v) is 13.7. The summed E-state index contributed by atoms with van der Waals surface area (Å²) in [6, 6.07) is 5.45. The monoisotopic (exact) mass is 340 g/mol. The molecule has 0 spiro atoms. The zero-order chi connectivity index (χ0) is 15.7. The van der Waals surface area contributed by atoms with E-state index < -0.39 is 0 Å². The molecule has 4 nitrogen and oxygen atoms in total. The van der Waals surface area contributed by atoms with Gasteiger partial charge in [-0.2, -0.15) is 0 Å². The number of halogens is 2. The molecule has 0 aromatic heterocycles. The number of carbonyl (C=O) groups is 2. The third-order valence-corrected chi connectivity index (χ3v) is 5.23. The fraction of sp³-hybridized carbons (Fsp3) is 0.500. The average molecular weight is 341 g/mol. The molecule has 1 aromatic carbocycles. The van der Waals surface area contributed by atoms with Crippen molar-refractivity contribution in [3.8, 4) is 0 Å². The van der Waals surface area contributed by atoms with Crippen molar-refractivity contribution in [3.05, 3.63) is 28.2 Å². The second kappa shape index (κ2) is 6.47. The molecule has 2 aliphatic rings. The molecular formula is C16H18Cl2N2O2. The molecule has 1 atom stereocenters. The standard InChI is InChI=1S/C16H18Cl2N2O2/c17-12-6-3-7-13(15(12)18)20-9-10(8-14(20)21)16(22)19-11-4-1-2-5-11/h3,6-7,10-11H,1-2,4-5,8-9H2,(H,19,22)/t10-/m0/s1. The molecule has 0 bridgehead atoms. The van der Waals surface area contributed by atoms with E-state index in [2.05, 4.69) is 5.32 Å². The van der Waals surface area contributed by atoms with Gasteiger partial charge in [0.25, 0.3) is 0 Å². The molecule has 1 aromatic rings. The third-order valence-electron chi connectivity index (χ3n) is 4.42. The highest BCUT2D eigenvalue weighted by Crippen LogP contribution is 2.35. The van der Waals surface area contributed by atoms with Gasteiger partial charge in [-0.05, 0) is 25.0 Å². The fourth-order valence-electron chi connectivity index (χ4n) is 3.21. The third kappa shape index (κ3) is 3.08. The highest BCUT2D eigenvalue weighted by Gasteiger charge is 2.36. The summed E-state index contributed by atoms with van der Waals surface area (Å²) in [6.07, 6.45) is 4.63. The number of nitrogens with one attached hydrogen (secondary N) is 1. The Bertz CT molecular complexity index is 600. The van der Waals surface area contributed by atoms with Crippen LogP contribution in [0, 0.1) is 5.92 Å². The number of nitrogens with zero attached hydrogens (tertiary/aromatic N) is 1. The topological polar surface area (TPSA) is 49.4 Å². The lowest BCUT2D eigenvalue weighted by Crippen LogP contribution is -2.38. The van der Waals surface area contributed by atoms with Gasteiger partial charge in [-0.25, -0.2) is 0 Å². The maximum atomic E-state index is 12.3. The SMILES string of the molecule is O=C(NC1CCCC1)[C@H]1CC(=O)N(c2cccc(Cl)c2Cl)C1. The number of carbonyl (C=O) groups excluding carboxylic acids is 2. The van der Waals surface area contributed by atoms with Crippen LogP contribution in [-0.4, -0.2) is 24.4 Å². The van der Waals surface area contributed by atoms with Crippen LogP contribution in [0.25, 0.3) is 0 Å². The quantitative estimate of drug-likeness (QED) is 0.916. The van der Waals surface area contributed by atoms with Crippen LogP contribution >= 0.6 is 23.2 Å². The van der Waals surface area contributed by atoms with Gasteiger partial charge in [-0.3, -0.25) is 9.59 Å². The molecule has 0 unspecified atom stereocenters. The summed E-state index contributed by atoms with van der Waals surface area (Å²) < 4.78 is 0. The van der Waals surface area contributed by atoms with E-state index >= 15 is 0 Å². The number of rotatable bonds is 3. The van der Waals surface area contributed by atoms with E-state index in [1.165, 1.54) is 12.8 Å². The van der Waals surface area contributed by atoms with Crippen molar-refractivity contribution < 1.29 is 9.59 Å². The molecule has 6 heteroatoms. The second-order valence-electron chi connectivity index (χ2n) is 5.97. The van der Waals surface area contributed by atoms with Crippen LogP contribution in [0.15, 0.2) is 18.2 Å². The predicted molar refractivity (Wildman–Crippen MR) is 87.3 cm³/mol. The van der Waals surface area contributed by atoms with Crippen molar-refractivity contribution in [2.75, 3.05) is 11.4 Å². The maximum Gasteiger partial charge on any atom is 0.227 e. The molecule has 1 saturated heterocycles. The van der Waals surface area contributed by atoms with Gasteiger partial charge < -0.3 is 10.2 Å². The minimum Gasteiger partial charge on any atom is -0.353 e. The Morgan fingerprint density at radius 1 is 1.23 bits per heavy atom. The number of hydrogen-bond donors (Lipinski definition) is 1. The van der Waals surface area contributed by atoms with Gasteiger partial charge in [0, 0.05) is 19.0 Å². The lowest BCUT2D eigenvalue weighted by Gasteiger charge is -2.19. The first-order valence-corrected chi connectivity index (χ1v) is 8.36. The Morgan fingerprint density at radius 2 is 1.95 bits per heavy atom. The summed E-state index contributed by atoms with van der Waals surface area (Å²) >= 11 is 12.2. The number of anilines is 1. The van der Waals surface area contributed by atoms with Crippen molar-refractivity contribution in [1.82, 2.24) is 5.32 Å². The highest BCUT2D eigenvalue weighted by molar-refractivity contribution is 6.44. The van der Waals surface area contributed by atoms with E-state index in [-0.39, 0.29) is 30.2 Å². The number of amides is 2. The molecule has 1 saturated carbocycles. The molecule has 2 fully saturated rings. The van der Waals surface area contributed by atoms with Gasteiger partial charge in [0.2, 0.25) is 11.8 Å². The highest BCUT2D eigenvalue weighted by atomic mass is 35.5. The molecule has 1 aliphatic heterocycles. The van der Waals surface area contributed by atoms with Crippen molar-refractivity contribution in [3.63, 3.8) is 0 Å². The van der Waals surface area contributed by atoms with E-state index in [0.717, 1.165) is 12.8 Å². The van der Waals surface area contributed by atoms with E-state index in [1.807, 2.05) is 0 Å². The predicted octanol–water partition coefficient (Wildman–Crippen LogP) is 3.41. The Kier molecular flexibility index (Phi) is 4.59. The lowest BCUT2D eigenvalue weighted by atomic mass is 10.1. The Labute approximate surface area is 139 Å². The first kappa shape index (κ1) is 15.6.